The molecule has 3 atom stereocenters. The van der Waals surface area contributed by atoms with Crippen LogP contribution in [0.15, 0.2) is 84.9 Å². The molecule has 1 heterocycles. The maximum atomic E-state index is 13.1. The highest BCUT2D eigenvalue weighted by molar-refractivity contribution is 5.83. The lowest BCUT2D eigenvalue weighted by atomic mass is 9.97. The third kappa shape index (κ3) is 7.94. The number of likely N-dealkylation sites (tertiary alicyclic amines) is 1. The molecule has 0 aliphatic carbocycles. The minimum absolute atomic E-state index is 0.0461. The second-order valence-corrected chi connectivity index (χ2v) is 10.7. The molecule has 0 radical (unpaired) electrons. The van der Waals surface area contributed by atoms with Gasteiger partial charge in [0, 0.05) is 6.42 Å². The molecular formula is C33H37NO6. The molecule has 7 nitrogen and oxygen atoms in total. The SMILES string of the molecule is CC(C)Cc1ccc(C(C)C(=O)O[C@@H]2C[C@@H](C(=O)OCc3ccccc3)N(C(=O)OCc3ccccc3)C2)cc1. The van der Waals surface area contributed by atoms with Crippen molar-refractivity contribution in [2.24, 2.45) is 5.92 Å². The number of nitrogens with zero attached hydrogens (tertiary/aromatic N) is 1. The van der Waals surface area contributed by atoms with Gasteiger partial charge in [0.1, 0.15) is 25.4 Å². The molecule has 0 N–H and O–H groups in total. The van der Waals surface area contributed by atoms with Crippen molar-refractivity contribution in [1.29, 1.82) is 0 Å². The van der Waals surface area contributed by atoms with Crippen LogP contribution in [0, 0.1) is 5.92 Å². The fourth-order valence-electron chi connectivity index (χ4n) is 4.75. The highest BCUT2D eigenvalue weighted by Crippen LogP contribution is 2.26. The minimum atomic E-state index is -0.921. The molecule has 1 amide bonds. The van der Waals surface area contributed by atoms with Crippen LogP contribution in [-0.2, 0) is 43.4 Å². The normalized spacial score (nSPS) is 17.4. The van der Waals surface area contributed by atoms with Gasteiger partial charge >= 0.3 is 18.0 Å². The molecule has 0 bridgehead atoms. The Morgan fingerprint density at radius 3 is 1.93 bits per heavy atom. The third-order valence-corrected chi connectivity index (χ3v) is 6.96. The van der Waals surface area contributed by atoms with Gasteiger partial charge in [0.05, 0.1) is 12.5 Å². The van der Waals surface area contributed by atoms with Crippen LogP contribution in [-0.4, -0.2) is 41.6 Å². The van der Waals surface area contributed by atoms with E-state index in [0.717, 1.165) is 23.1 Å². The maximum Gasteiger partial charge on any atom is 0.410 e. The van der Waals surface area contributed by atoms with E-state index in [9.17, 15) is 14.4 Å². The lowest BCUT2D eigenvalue weighted by molar-refractivity contribution is -0.152. The van der Waals surface area contributed by atoms with Gasteiger partial charge in [-0.3, -0.25) is 9.69 Å². The van der Waals surface area contributed by atoms with Crippen molar-refractivity contribution >= 4 is 18.0 Å². The van der Waals surface area contributed by atoms with E-state index in [2.05, 4.69) is 13.8 Å². The Hall–Kier alpha value is -4.13. The predicted molar refractivity (Wildman–Crippen MR) is 151 cm³/mol. The van der Waals surface area contributed by atoms with Gasteiger partial charge in [-0.05, 0) is 41.5 Å². The summed E-state index contributed by atoms with van der Waals surface area (Å²) >= 11 is 0. The Kier molecular flexibility index (Phi) is 9.95. The molecule has 1 aliphatic rings. The van der Waals surface area contributed by atoms with E-state index in [1.807, 2.05) is 84.9 Å². The van der Waals surface area contributed by atoms with E-state index in [0.29, 0.717) is 5.92 Å². The Labute approximate surface area is 236 Å². The summed E-state index contributed by atoms with van der Waals surface area (Å²) in [5, 5.41) is 0. The topological polar surface area (TPSA) is 82.1 Å². The molecule has 1 unspecified atom stereocenters. The van der Waals surface area contributed by atoms with Crippen LogP contribution < -0.4 is 0 Å². The summed E-state index contributed by atoms with van der Waals surface area (Å²) < 4.78 is 16.9. The quantitative estimate of drug-likeness (QED) is 0.229. The first-order chi connectivity index (χ1) is 19.3. The van der Waals surface area contributed by atoms with E-state index in [1.165, 1.54) is 10.5 Å². The van der Waals surface area contributed by atoms with Gasteiger partial charge in [0.25, 0.3) is 0 Å². The average molecular weight is 544 g/mol. The van der Waals surface area contributed by atoms with Crippen molar-refractivity contribution in [2.45, 2.75) is 64.9 Å². The van der Waals surface area contributed by atoms with Crippen molar-refractivity contribution in [1.82, 2.24) is 4.90 Å². The Bertz CT molecular complexity index is 1200. The summed E-state index contributed by atoms with van der Waals surface area (Å²) in [6.45, 7) is 6.33. The van der Waals surface area contributed by atoms with Crippen LogP contribution in [0.1, 0.15) is 55.4 Å². The van der Waals surface area contributed by atoms with Gasteiger partial charge in [-0.2, -0.15) is 0 Å². The Morgan fingerprint density at radius 1 is 0.775 bits per heavy atom. The van der Waals surface area contributed by atoms with E-state index in [-0.39, 0.29) is 26.2 Å². The first kappa shape index (κ1) is 28.9. The number of amides is 1. The van der Waals surface area contributed by atoms with E-state index in [1.54, 1.807) is 6.92 Å². The summed E-state index contributed by atoms with van der Waals surface area (Å²) in [7, 11) is 0. The predicted octanol–water partition coefficient (Wildman–Crippen LogP) is 6.05. The smallest absolute Gasteiger partial charge is 0.410 e. The van der Waals surface area contributed by atoms with Gasteiger partial charge in [-0.25, -0.2) is 9.59 Å². The number of benzene rings is 3. The van der Waals surface area contributed by atoms with Crippen molar-refractivity contribution in [3.05, 3.63) is 107 Å². The largest absolute Gasteiger partial charge is 0.460 e. The number of rotatable bonds is 10. The first-order valence-corrected chi connectivity index (χ1v) is 13.8. The Balaban J connectivity index is 1.40. The second-order valence-electron chi connectivity index (χ2n) is 10.7. The molecule has 0 spiro atoms. The van der Waals surface area contributed by atoms with E-state index < -0.39 is 36.1 Å². The first-order valence-electron chi connectivity index (χ1n) is 13.8. The van der Waals surface area contributed by atoms with Crippen LogP contribution in [0.25, 0.3) is 0 Å². The van der Waals surface area contributed by atoms with Crippen molar-refractivity contribution in [3.8, 4) is 0 Å². The molecule has 0 aromatic heterocycles. The van der Waals surface area contributed by atoms with Crippen LogP contribution in [0.4, 0.5) is 4.79 Å². The van der Waals surface area contributed by atoms with E-state index in [4.69, 9.17) is 14.2 Å². The van der Waals surface area contributed by atoms with Gasteiger partial charge in [0.2, 0.25) is 0 Å². The zero-order valence-corrected chi connectivity index (χ0v) is 23.3. The summed E-state index contributed by atoms with van der Waals surface area (Å²) in [4.78, 5) is 40.5. The van der Waals surface area contributed by atoms with Crippen LogP contribution in [0.2, 0.25) is 0 Å². The molecule has 0 saturated carbocycles. The summed E-state index contributed by atoms with van der Waals surface area (Å²) in [5.74, 6) is -0.911. The number of carbonyl (C=O) groups excluding carboxylic acids is 3. The molecule has 7 heteroatoms. The van der Waals surface area contributed by atoms with Gasteiger partial charge in [0.15, 0.2) is 0 Å². The third-order valence-electron chi connectivity index (χ3n) is 6.96. The monoisotopic (exact) mass is 543 g/mol. The zero-order valence-electron chi connectivity index (χ0n) is 23.3. The molecule has 1 aliphatic heterocycles. The molecule has 1 saturated heterocycles. The van der Waals surface area contributed by atoms with E-state index >= 15 is 0 Å². The molecule has 3 aromatic carbocycles. The van der Waals surface area contributed by atoms with Crippen molar-refractivity contribution < 1.29 is 28.6 Å². The minimum Gasteiger partial charge on any atom is -0.460 e. The molecule has 1 fully saturated rings. The number of esters is 2. The summed E-state index contributed by atoms with van der Waals surface area (Å²) in [6, 6.07) is 25.7. The van der Waals surface area contributed by atoms with Gasteiger partial charge < -0.3 is 14.2 Å². The molecule has 40 heavy (non-hydrogen) atoms. The number of ether oxygens (including phenoxy) is 3. The Morgan fingerprint density at radius 2 is 1.35 bits per heavy atom. The second kappa shape index (κ2) is 13.8. The van der Waals surface area contributed by atoms with Crippen LogP contribution in [0.3, 0.4) is 0 Å². The summed E-state index contributed by atoms with van der Waals surface area (Å²) in [5.41, 5.74) is 3.74. The molecule has 3 aromatic rings. The fraction of sp³-hybridized carbons (Fsp3) is 0.364. The lowest BCUT2D eigenvalue weighted by Gasteiger charge is -2.22. The summed E-state index contributed by atoms with van der Waals surface area (Å²) in [6.07, 6.45) is -0.203. The lowest BCUT2D eigenvalue weighted by Crippen LogP contribution is -2.41. The zero-order chi connectivity index (χ0) is 28.5. The fourth-order valence-corrected chi connectivity index (χ4v) is 4.75. The standard InChI is InChI=1S/C33H37NO6/c1-23(2)18-25-14-16-28(17-15-25)24(3)31(35)40-29-19-30(32(36)38-21-26-10-6-4-7-11-26)34(20-29)33(37)39-22-27-12-8-5-9-13-27/h4-17,23-24,29-30H,18-22H2,1-3H3/t24?,29-,30+/m1/s1. The van der Waals surface area contributed by atoms with Crippen molar-refractivity contribution in [3.63, 3.8) is 0 Å². The molecule has 210 valence electrons. The number of hydrogen-bond acceptors (Lipinski definition) is 6. The molecular weight excluding hydrogens is 506 g/mol. The van der Waals surface area contributed by atoms with Gasteiger partial charge in [-0.1, -0.05) is 98.8 Å². The number of hydrogen-bond donors (Lipinski definition) is 0. The molecule has 4 rings (SSSR count). The van der Waals surface area contributed by atoms with Crippen molar-refractivity contribution in [2.75, 3.05) is 6.54 Å². The van der Waals surface area contributed by atoms with Crippen LogP contribution >= 0.6 is 0 Å². The highest BCUT2D eigenvalue weighted by atomic mass is 16.6. The number of carbonyl (C=O) groups is 3. The maximum absolute atomic E-state index is 13.1. The average Bonchev–Trinajstić information content (AvgIpc) is 3.39. The van der Waals surface area contributed by atoms with Crippen LogP contribution in [0.5, 0.6) is 0 Å². The van der Waals surface area contributed by atoms with Gasteiger partial charge in [-0.15, -0.1) is 0 Å². The highest BCUT2D eigenvalue weighted by Gasteiger charge is 2.43.